The van der Waals surface area contributed by atoms with Gasteiger partial charge in [0.25, 0.3) is 0 Å². The van der Waals surface area contributed by atoms with Gasteiger partial charge in [0.15, 0.2) is 0 Å². The Labute approximate surface area is 189 Å². The molecule has 1 aromatic heterocycles. The minimum atomic E-state index is 0.0227. The zero-order chi connectivity index (χ0) is 23.2. The number of rotatable bonds is 4. The summed E-state index contributed by atoms with van der Waals surface area (Å²) in [6, 6.07) is 15.5. The van der Waals surface area contributed by atoms with Crippen LogP contribution in [0, 0.1) is 5.92 Å². The average molecular weight is 417 g/mol. The van der Waals surface area contributed by atoms with Crippen molar-refractivity contribution in [1.82, 2.24) is 9.55 Å². The van der Waals surface area contributed by atoms with Crippen LogP contribution >= 0.6 is 0 Å². The van der Waals surface area contributed by atoms with Crippen molar-refractivity contribution < 1.29 is 0 Å². The summed E-state index contributed by atoms with van der Waals surface area (Å²) in [5.74, 6) is 1.54. The van der Waals surface area contributed by atoms with Crippen LogP contribution in [-0.4, -0.2) is 9.55 Å². The molecule has 0 spiro atoms. The minimum absolute atomic E-state index is 0.0227. The summed E-state index contributed by atoms with van der Waals surface area (Å²) in [6.45, 7) is 23.1. The maximum Gasteiger partial charge on any atom is 0.144 e. The lowest BCUT2D eigenvalue weighted by Gasteiger charge is -2.33. The van der Waals surface area contributed by atoms with E-state index < -0.39 is 0 Å². The standard InChI is InChI=1S/C29H40N2/c1-20(2)29(9,10)22-15-12-11-14-21(22)26-30-18-19-31(26)25-23(27(3,4)5)16-13-17-24(25)28(6,7)8/h11-20H,1-10H3. The topological polar surface area (TPSA) is 17.8 Å². The summed E-state index contributed by atoms with van der Waals surface area (Å²) >= 11 is 0. The fourth-order valence-electron chi connectivity index (χ4n) is 4.25. The van der Waals surface area contributed by atoms with Gasteiger partial charge in [0.2, 0.25) is 0 Å². The molecular formula is C29H40N2. The van der Waals surface area contributed by atoms with Crippen LogP contribution in [0.2, 0.25) is 0 Å². The van der Waals surface area contributed by atoms with Crippen LogP contribution in [0.1, 0.15) is 85.9 Å². The lowest BCUT2D eigenvalue weighted by Crippen LogP contribution is -2.26. The zero-order valence-corrected chi connectivity index (χ0v) is 21.2. The third-order valence-electron chi connectivity index (χ3n) is 6.84. The molecule has 0 fully saturated rings. The first kappa shape index (κ1) is 23.3. The van der Waals surface area contributed by atoms with Crippen molar-refractivity contribution in [3.8, 4) is 17.1 Å². The summed E-state index contributed by atoms with van der Waals surface area (Å²) in [4.78, 5) is 4.91. The van der Waals surface area contributed by atoms with E-state index in [1.807, 2.05) is 6.20 Å². The predicted molar refractivity (Wildman–Crippen MR) is 134 cm³/mol. The molecule has 0 aliphatic rings. The molecule has 0 unspecified atom stereocenters. The molecule has 0 saturated carbocycles. The largest absolute Gasteiger partial charge is 0.299 e. The number of hydrogen-bond donors (Lipinski definition) is 0. The number of hydrogen-bond acceptors (Lipinski definition) is 1. The van der Waals surface area contributed by atoms with Crippen molar-refractivity contribution in [2.45, 2.75) is 85.5 Å². The van der Waals surface area contributed by atoms with Crippen LogP contribution in [0.25, 0.3) is 17.1 Å². The van der Waals surface area contributed by atoms with Crippen molar-refractivity contribution in [3.05, 3.63) is 71.5 Å². The Balaban J connectivity index is 2.36. The van der Waals surface area contributed by atoms with Gasteiger partial charge in [-0.1, -0.05) is 112 Å². The molecule has 0 N–H and O–H groups in total. The Hall–Kier alpha value is -2.35. The molecule has 0 radical (unpaired) electrons. The first-order valence-corrected chi connectivity index (χ1v) is 11.5. The summed E-state index contributed by atoms with van der Waals surface area (Å²) in [5, 5.41) is 0. The van der Waals surface area contributed by atoms with Gasteiger partial charge in [0, 0.05) is 18.0 Å². The van der Waals surface area contributed by atoms with Gasteiger partial charge >= 0.3 is 0 Å². The lowest BCUT2D eigenvalue weighted by molar-refractivity contribution is 0.373. The van der Waals surface area contributed by atoms with Gasteiger partial charge in [-0.3, -0.25) is 4.57 Å². The molecule has 166 valence electrons. The fraction of sp³-hybridized carbons (Fsp3) is 0.483. The van der Waals surface area contributed by atoms with E-state index in [0.29, 0.717) is 5.92 Å². The molecule has 0 aliphatic heterocycles. The monoisotopic (exact) mass is 416 g/mol. The van der Waals surface area contributed by atoms with Crippen molar-refractivity contribution >= 4 is 0 Å². The summed E-state index contributed by atoms with van der Waals surface area (Å²) in [7, 11) is 0. The molecule has 0 amide bonds. The molecule has 2 heteroatoms. The Morgan fingerprint density at radius 3 is 1.74 bits per heavy atom. The summed E-state index contributed by atoms with van der Waals surface area (Å²) < 4.78 is 2.33. The van der Waals surface area contributed by atoms with Crippen LogP contribution < -0.4 is 0 Å². The number of aromatic nitrogens is 2. The molecule has 0 aliphatic carbocycles. The van der Waals surface area contributed by atoms with E-state index in [0.717, 1.165) is 5.82 Å². The van der Waals surface area contributed by atoms with E-state index in [4.69, 9.17) is 4.98 Å². The van der Waals surface area contributed by atoms with Crippen LogP contribution in [0.15, 0.2) is 54.9 Å². The van der Waals surface area contributed by atoms with Gasteiger partial charge < -0.3 is 0 Å². The first-order chi connectivity index (χ1) is 14.3. The van der Waals surface area contributed by atoms with Crippen LogP contribution in [0.5, 0.6) is 0 Å². The molecule has 3 rings (SSSR count). The second kappa shape index (κ2) is 7.97. The molecule has 2 aromatic carbocycles. The van der Waals surface area contributed by atoms with E-state index in [1.54, 1.807) is 0 Å². The molecule has 1 heterocycles. The highest BCUT2D eigenvalue weighted by Crippen LogP contribution is 2.41. The van der Waals surface area contributed by atoms with E-state index >= 15 is 0 Å². The van der Waals surface area contributed by atoms with Crippen molar-refractivity contribution in [2.75, 3.05) is 0 Å². The fourth-order valence-corrected chi connectivity index (χ4v) is 4.25. The third kappa shape index (κ3) is 4.35. The highest BCUT2D eigenvalue weighted by atomic mass is 15.1. The maximum absolute atomic E-state index is 4.91. The highest BCUT2D eigenvalue weighted by molar-refractivity contribution is 5.67. The first-order valence-electron chi connectivity index (χ1n) is 11.5. The lowest BCUT2D eigenvalue weighted by atomic mass is 9.73. The molecule has 2 nitrogen and oxygen atoms in total. The number of benzene rings is 2. The SMILES string of the molecule is CC(C)C(C)(C)c1ccccc1-c1nccn1-c1c(C(C)(C)C)cccc1C(C)(C)C. The average Bonchev–Trinajstić information content (AvgIpc) is 3.15. The molecule has 3 aromatic rings. The van der Waals surface area contributed by atoms with E-state index in [1.165, 1.54) is 27.9 Å². The molecule has 0 bridgehead atoms. The van der Waals surface area contributed by atoms with E-state index in [9.17, 15) is 0 Å². The smallest absolute Gasteiger partial charge is 0.144 e. The van der Waals surface area contributed by atoms with Gasteiger partial charge in [-0.25, -0.2) is 4.98 Å². The van der Waals surface area contributed by atoms with Gasteiger partial charge in [-0.15, -0.1) is 0 Å². The highest BCUT2D eigenvalue weighted by Gasteiger charge is 2.31. The van der Waals surface area contributed by atoms with Gasteiger partial charge in [-0.05, 0) is 38.9 Å². The van der Waals surface area contributed by atoms with E-state index in [-0.39, 0.29) is 16.2 Å². The minimum Gasteiger partial charge on any atom is -0.299 e. The summed E-state index contributed by atoms with van der Waals surface area (Å²) in [6.07, 6.45) is 4.08. The van der Waals surface area contributed by atoms with Crippen LogP contribution in [0.3, 0.4) is 0 Å². The van der Waals surface area contributed by atoms with Gasteiger partial charge in [0.1, 0.15) is 5.82 Å². The van der Waals surface area contributed by atoms with Crippen LogP contribution in [-0.2, 0) is 16.2 Å². The maximum atomic E-state index is 4.91. The van der Waals surface area contributed by atoms with Crippen molar-refractivity contribution in [3.63, 3.8) is 0 Å². The molecular weight excluding hydrogens is 376 g/mol. The zero-order valence-electron chi connectivity index (χ0n) is 21.2. The van der Waals surface area contributed by atoms with Crippen molar-refractivity contribution in [1.29, 1.82) is 0 Å². The number of para-hydroxylation sites is 1. The quantitative estimate of drug-likeness (QED) is 0.420. The van der Waals surface area contributed by atoms with Crippen molar-refractivity contribution in [2.24, 2.45) is 5.92 Å². The molecule has 0 saturated heterocycles. The second-order valence-corrected chi connectivity index (χ2v) is 11.7. The third-order valence-corrected chi connectivity index (χ3v) is 6.84. The Kier molecular flexibility index (Phi) is 5.99. The Bertz CT molecular complexity index is 1020. The molecule has 31 heavy (non-hydrogen) atoms. The Morgan fingerprint density at radius 1 is 0.710 bits per heavy atom. The molecule has 0 atom stereocenters. The predicted octanol–water partition coefficient (Wildman–Crippen LogP) is 8.07. The number of nitrogens with zero attached hydrogens (tertiary/aromatic N) is 2. The number of imidazole rings is 1. The van der Waals surface area contributed by atoms with Gasteiger partial charge in [-0.2, -0.15) is 0 Å². The summed E-state index contributed by atoms with van der Waals surface area (Å²) in [5.41, 5.74) is 6.62. The van der Waals surface area contributed by atoms with E-state index in [2.05, 4.69) is 122 Å². The van der Waals surface area contributed by atoms with Crippen LogP contribution in [0.4, 0.5) is 0 Å². The Morgan fingerprint density at radius 2 is 1.23 bits per heavy atom. The van der Waals surface area contributed by atoms with Gasteiger partial charge in [0.05, 0.1) is 5.69 Å². The normalized spacial score (nSPS) is 13.1. The second-order valence-electron chi connectivity index (χ2n) is 11.7.